The smallest absolute Gasteiger partial charge is 0.0640 e. The molecule has 4 heteroatoms. The predicted molar refractivity (Wildman–Crippen MR) is 90.6 cm³/mol. The summed E-state index contributed by atoms with van der Waals surface area (Å²) in [6.07, 6.45) is 5.52. The van der Waals surface area contributed by atoms with E-state index < -0.39 is 0 Å². The Morgan fingerprint density at radius 2 is 2.00 bits per heavy atom. The van der Waals surface area contributed by atoms with Crippen LogP contribution in [0.15, 0.2) is 12.3 Å². The van der Waals surface area contributed by atoms with Gasteiger partial charge in [0.25, 0.3) is 0 Å². The van der Waals surface area contributed by atoms with E-state index in [1.807, 2.05) is 0 Å². The maximum Gasteiger partial charge on any atom is 0.0640 e. The number of thioether (sulfide) groups is 1. The Balaban J connectivity index is 2.54. The van der Waals surface area contributed by atoms with Crippen molar-refractivity contribution in [3.63, 3.8) is 0 Å². The van der Waals surface area contributed by atoms with Crippen LogP contribution in [0.5, 0.6) is 0 Å². The Morgan fingerprint density at radius 3 is 2.60 bits per heavy atom. The van der Waals surface area contributed by atoms with Gasteiger partial charge in [0, 0.05) is 35.7 Å². The highest BCUT2D eigenvalue weighted by molar-refractivity contribution is 7.99. The molecule has 0 amide bonds. The molecule has 0 radical (unpaired) electrons. The standard InChI is InChI=1S/C16H31N3S/c1-6-13(4)19-10-9-15(18-19)11-16(17-8-3)12-20-14(5)7-2/h9-10,13-14,16-17H,6-8,11-12H2,1-5H3. The minimum Gasteiger partial charge on any atom is -0.313 e. The first-order chi connectivity index (χ1) is 9.60. The number of nitrogens with one attached hydrogen (secondary N) is 1. The zero-order valence-electron chi connectivity index (χ0n) is 13.7. The second kappa shape index (κ2) is 9.46. The van der Waals surface area contributed by atoms with Crippen LogP contribution in [0.4, 0.5) is 0 Å². The molecule has 0 saturated carbocycles. The van der Waals surface area contributed by atoms with Crippen molar-refractivity contribution in [2.24, 2.45) is 0 Å². The van der Waals surface area contributed by atoms with E-state index in [1.165, 1.54) is 17.9 Å². The summed E-state index contributed by atoms with van der Waals surface area (Å²) in [5, 5.41) is 9.05. The van der Waals surface area contributed by atoms with E-state index in [-0.39, 0.29) is 0 Å². The summed E-state index contributed by atoms with van der Waals surface area (Å²) in [6.45, 7) is 12.2. The molecule has 0 fully saturated rings. The van der Waals surface area contributed by atoms with Crippen molar-refractivity contribution < 1.29 is 0 Å². The summed E-state index contributed by atoms with van der Waals surface area (Å²) < 4.78 is 2.10. The van der Waals surface area contributed by atoms with Crippen LogP contribution in [0.1, 0.15) is 59.2 Å². The van der Waals surface area contributed by atoms with E-state index in [9.17, 15) is 0 Å². The predicted octanol–water partition coefficient (Wildman–Crippen LogP) is 3.91. The van der Waals surface area contributed by atoms with Crippen LogP contribution in [0.2, 0.25) is 0 Å². The van der Waals surface area contributed by atoms with Crippen LogP contribution in [0.25, 0.3) is 0 Å². The molecule has 1 aromatic heterocycles. The lowest BCUT2D eigenvalue weighted by Gasteiger charge is -2.18. The third kappa shape index (κ3) is 5.88. The Kier molecular flexibility index (Phi) is 8.31. The summed E-state index contributed by atoms with van der Waals surface area (Å²) in [5.41, 5.74) is 1.21. The lowest BCUT2D eigenvalue weighted by molar-refractivity contribution is 0.469. The fourth-order valence-electron chi connectivity index (χ4n) is 2.05. The second-order valence-corrected chi connectivity index (χ2v) is 7.03. The fraction of sp³-hybridized carbons (Fsp3) is 0.812. The third-order valence-corrected chi connectivity index (χ3v) is 5.31. The van der Waals surface area contributed by atoms with Crippen molar-refractivity contribution in [2.75, 3.05) is 12.3 Å². The number of likely N-dealkylation sites (N-methyl/N-ethyl adjacent to an activating group) is 1. The monoisotopic (exact) mass is 297 g/mol. The minimum absolute atomic E-state index is 0.496. The van der Waals surface area contributed by atoms with Gasteiger partial charge in [-0.2, -0.15) is 16.9 Å². The van der Waals surface area contributed by atoms with E-state index in [4.69, 9.17) is 5.10 Å². The molecule has 1 N–H and O–H groups in total. The van der Waals surface area contributed by atoms with E-state index in [0.29, 0.717) is 12.1 Å². The van der Waals surface area contributed by atoms with Gasteiger partial charge in [-0.15, -0.1) is 0 Å². The van der Waals surface area contributed by atoms with Crippen LogP contribution >= 0.6 is 11.8 Å². The zero-order chi connectivity index (χ0) is 15.0. The van der Waals surface area contributed by atoms with Gasteiger partial charge in [0.05, 0.1) is 5.69 Å². The van der Waals surface area contributed by atoms with Crippen LogP contribution in [0.3, 0.4) is 0 Å². The number of hydrogen-bond donors (Lipinski definition) is 1. The molecular weight excluding hydrogens is 266 g/mol. The molecule has 0 bridgehead atoms. The highest BCUT2D eigenvalue weighted by atomic mass is 32.2. The Hall–Kier alpha value is -0.480. The average Bonchev–Trinajstić information content (AvgIpc) is 2.92. The number of aromatic nitrogens is 2. The van der Waals surface area contributed by atoms with Crippen molar-refractivity contribution in [2.45, 2.75) is 71.2 Å². The van der Waals surface area contributed by atoms with E-state index >= 15 is 0 Å². The molecule has 116 valence electrons. The summed E-state index contributed by atoms with van der Waals surface area (Å²) in [5.74, 6) is 1.17. The Labute approximate surface area is 128 Å². The van der Waals surface area contributed by atoms with Crippen molar-refractivity contribution >= 4 is 11.8 Å². The van der Waals surface area contributed by atoms with Gasteiger partial charge in [-0.3, -0.25) is 4.68 Å². The average molecular weight is 298 g/mol. The first-order valence-electron chi connectivity index (χ1n) is 7.99. The molecule has 1 aromatic rings. The number of nitrogens with zero attached hydrogens (tertiary/aromatic N) is 2. The summed E-state index contributed by atoms with van der Waals surface area (Å²) in [4.78, 5) is 0. The lowest BCUT2D eigenvalue weighted by atomic mass is 10.2. The highest BCUT2D eigenvalue weighted by Gasteiger charge is 2.13. The third-order valence-electron chi connectivity index (χ3n) is 3.81. The van der Waals surface area contributed by atoms with Gasteiger partial charge in [0.2, 0.25) is 0 Å². The van der Waals surface area contributed by atoms with Gasteiger partial charge in [-0.25, -0.2) is 0 Å². The topological polar surface area (TPSA) is 29.9 Å². The fourth-order valence-corrected chi connectivity index (χ4v) is 3.08. The SMILES string of the molecule is CCNC(CSC(C)CC)Cc1ccn(C(C)CC)n1. The molecule has 3 atom stereocenters. The van der Waals surface area contributed by atoms with Crippen LogP contribution in [-0.2, 0) is 6.42 Å². The minimum atomic E-state index is 0.496. The van der Waals surface area contributed by atoms with Gasteiger partial charge in [-0.1, -0.05) is 27.7 Å². The van der Waals surface area contributed by atoms with Crippen molar-refractivity contribution in [1.29, 1.82) is 0 Å². The van der Waals surface area contributed by atoms with Crippen LogP contribution in [-0.4, -0.2) is 33.4 Å². The van der Waals surface area contributed by atoms with Gasteiger partial charge in [0.1, 0.15) is 0 Å². The molecule has 0 aliphatic carbocycles. The van der Waals surface area contributed by atoms with Crippen molar-refractivity contribution in [1.82, 2.24) is 15.1 Å². The molecule has 20 heavy (non-hydrogen) atoms. The summed E-state index contributed by atoms with van der Waals surface area (Å²) >= 11 is 2.06. The molecule has 3 unspecified atom stereocenters. The molecule has 0 aliphatic rings. The number of hydrogen-bond acceptors (Lipinski definition) is 3. The molecule has 0 saturated heterocycles. The quantitative estimate of drug-likeness (QED) is 0.710. The molecule has 0 spiro atoms. The second-order valence-electron chi connectivity index (χ2n) is 5.56. The first-order valence-corrected chi connectivity index (χ1v) is 9.04. The van der Waals surface area contributed by atoms with Crippen LogP contribution in [0, 0.1) is 0 Å². The number of rotatable bonds is 10. The van der Waals surface area contributed by atoms with Gasteiger partial charge < -0.3 is 5.32 Å². The van der Waals surface area contributed by atoms with Crippen molar-refractivity contribution in [3.8, 4) is 0 Å². The van der Waals surface area contributed by atoms with Crippen LogP contribution < -0.4 is 5.32 Å². The summed E-state index contributed by atoms with van der Waals surface area (Å²) in [7, 11) is 0. The van der Waals surface area contributed by atoms with Crippen molar-refractivity contribution in [3.05, 3.63) is 18.0 Å². The largest absolute Gasteiger partial charge is 0.313 e. The summed E-state index contributed by atoms with van der Waals surface area (Å²) in [6, 6.07) is 3.19. The van der Waals surface area contributed by atoms with E-state index in [0.717, 1.165) is 24.6 Å². The normalized spacial score (nSPS) is 16.1. The van der Waals surface area contributed by atoms with E-state index in [2.05, 4.69) is 68.6 Å². The molecule has 3 nitrogen and oxygen atoms in total. The molecule has 1 rings (SSSR count). The maximum atomic E-state index is 4.72. The molecule has 1 heterocycles. The molecule has 0 aromatic carbocycles. The Bertz CT molecular complexity index is 364. The molecular formula is C16H31N3S. The van der Waals surface area contributed by atoms with Gasteiger partial charge in [0.15, 0.2) is 0 Å². The maximum absolute atomic E-state index is 4.72. The first kappa shape index (κ1) is 17.6. The van der Waals surface area contributed by atoms with Gasteiger partial charge in [-0.05, 0) is 32.4 Å². The highest BCUT2D eigenvalue weighted by Crippen LogP contribution is 2.17. The lowest BCUT2D eigenvalue weighted by Crippen LogP contribution is -2.34. The zero-order valence-corrected chi connectivity index (χ0v) is 14.5. The molecule has 0 aliphatic heterocycles. The van der Waals surface area contributed by atoms with Gasteiger partial charge >= 0.3 is 0 Å². The van der Waals surface area contributed by atoms with E-state index in [1.54, 1.807) is 0 Å². The Morgan fingerprint density at radius 1 is 1.25 bits per heavy atom.